The maximum atomic E-state index is 12.2. The van der Waals surface area contributed by atoms with Gasteiger partial charge < -0.3 is 14.7 Å². The van der Waals surface area contributed by atoms with Crippen LogP contribution in [-0.4, -0.2) is 39.9 Å². The minimum Gasteiger partial charge on any atom is -0.444 e. The van der Waals surface area contributed by atoms with E-state index in [0.717, 1.165) is 25.7 Å². The molecule has 1 amide bonds. The molecule has 2 fully saturated rings. The van der Waals surface area contributed by atoms with Crippen molar-refractivity contribution in [2.24, 2.45) is 5.92 Å². The van der Waals surface area contributed by atoms with Gasteiger partial charge >= 0.3 is 6.09 Å². The minimum absolute atomic E-state index is 0.0523. The van der Waals surface area contributed by atoms with Crippen LogP contribution in [0.25, 0.3) is 0 Å². The van der Waals surface area contributed by atoms with Crippen LogP contribution in [-0.2, 0) is 4.74 Å². The monoisotopic (exact) mass is 255 g/mol. The molecule has 1 aliphatic carbocycles. The molecule has 0 spiro atoms. The fourth-order valence-electron chi connectivity index (χ4n) is 2.69. The molecule has 4 heteroatoms. The van der Waals surface area contributed by atoms with E-state index in [4.69, 9.17) is 4.74 Å². The predicted octanol–water partition coefficient (Wildman–Crippen LogP) is 2.55. The topological polar surface area (TPSA) is 49.8 Å². The first-order valence-electron chi connectivity index (χ1n) is 6.93. The number of hydrogen-bond acceptors (Lipinski definition) is 3. The van der Waals surface area contributed by atoms with Gasteiger partial charge in [0.1, 0.15) is 5.60 Å². The van der Waals surface area contributed by atoms with Gasteiger partial charge in [0.15, 0.2) is 0 Å². The second-order valence-electron chi connectivity index (χ2n) is 6.93. The Morgan fingerprint density at radius 3 is 2.44 bits per heavy atom. The zero-order valence-electron chi connectivity index (χ0n) is 11.9. The van der Waals surface area contributed by atoms with Gasteiger partial charge in [-0.1, -0.05) is 6.92 Å². The Labute approximate surface area is 109 Å². The number of rotatable bonds is 1. The van der Waals surface area contributed by atoms with Crippen LogP contribution in [0.15, 0.2) is 0 Å². The molecule has 2 aliphatic rings. The first-order valence-corrected chi connectivity index (χ1v) is 6.93. The highest BCUT2D eigenvalue weighted by Crippen LogP contribution is 2.44. The molecule has 1 saturated carbocycles. The first kappa shape index (κ1) is 13.7. The Kier molecular flexibility index (Phi) is 3.34. The van der Waals surface area contributed by atoms with Crippen LogP contribution in [0.2, 0.25) is 0 Å². The number of ether oxygens (including phenoxy) is 1. The maximum absolute atomic E-state index is 12.2. The average Bonchev–Trinajstić information content (AvgIpc) is 2.94. The van der Waals surface area contributed by atoms with E-state index in [1.165, 1.54) is 0 Å². The zero-order valence-corrected chi connectivity index (χ0v) is 11.9. The van der Waals surface area contributed by atoms with E-state index in [0.29, 0.717) is 12.5 Å². The van der Waals surface area contributed by atoms with Crippen LogP contribution in [0, 0.1) is 5.92 Å². The van der Waals surface area contributed by atoms with Crippen molar-refractivity contribution in [3.8, 4) is 0 Å². The minimum atomic E-state index is -0.642. The molecule has 2 rings (SSSR count). The summed E-state index contributed by atoms with van der Waals surface area (Å²) in [6.07, 6.45) is 3.30. The third kappa shape index (κ3) is 2.97. The summed E-state index contributed by atoms with van der Waals surface area (Å²) in [4.78, 5) is 14.0. The van der Waals surface area contributed by atoms with Gasteiger partial charge in [-0.2, -0.15) is 0 Å². The molecular formula is C14H25NO3. The van der Waals surface area contributed by atoms with Crippen molar-refractivity contribution in [3.05, 3.63) is 0 Å². The molecular weight excluding hydrogens is 230 g/mol. The molecule has 2 unspecified atom stereocenters. The zero-order chi connectivity index (χ0) is 13.6. The van der Waals surface area contributed by atoms with Crippen LogP contribution in [0.3, 0.4) is 0 Å². The summed E-state index contributed by atoms with van der Waals surface area (Å²) in [6.45, 7) is 8.46. The van der Waals surface area contributed by atoms with Gasteiger partial charge in [-0.25, -0.2) is 4.79 Å². The maximum Gasteiger partial charge on any atom is 0.410 e. The van der Waals surface area contributed by atoms with Crippen LogP contribution >= 0.6 is 0 Å². The highest BCUT2D eigenvalue weighted by Gasteiger charge is 2.53. The van der Waals surface area contributed by atoms with E-state index in [9.17, 15) is 9.90 Å². The fourth-order valence-corrected chi connectivity index (χ4v) is 2.69. The molecule has 0 aromatic heterocycles. The lowest BCUT2D eigenvalue weighted by molar-refractivity contribution is -0.0319. The largest absolute Gasteiger partial charge is 0.444 e. The number of nitrogens with zero attached hydrogens (tertiary/aromatic N) is 1. The third-order valence-electron chi connectivity index (χ3n) is 3.83. The van der Waals surface area contributed by atoms with Crippen molar-refractivity contribution in [1.82, 2.24) is 4.90 Å². The van der Waals surface area contributed by atoms with Crippen LogP contribution in [0.4, 0.5) is 4.79 Å². The van der Waals surface area contributed by atoms with Gasteiger partial charge in [-0.15, -0.1) is 0 Å². The molecule has 1 saturated heterocycles. The van der Waals surface area contributed by atoms with Gasteiger partial charge in [0.25, 0.3) is 0 Å². The smallest absolute Gasteiger partial charge is 0.410 e. The van der Waals surface area contributed by atoms with E-state index < -0.39 is 11.2 Å². The van der Waals surface area contributed by atoms with E-state index in [-0.39, 0.29) is 12.1 Å². The van der Waals surface area contributed by atoms with Gasteiger partial charge in [0.05, 0.1) is 11.6 Å². The van der Waals surface area contributed by atoms with Crippen LogP contribution in [0.1, 0.15) is 53.4 Å². The Hall–Kier alpha value is -0.770. The summed E-state index contributed by atoms with van der Waals surface area (Å²) in [5.41, 5.74) is -1.12. The quantitative estimate of drug-likeness (QED) is 0.783. The molecule has 18 heavy (non-hydrogen) atoms. The van der Waals surface area contributed by atoms with E-state index in [2.05, 4.69) is 6.92 Å². The van der Waals surface area contributed by atoms with Crippen molar-refractivity contribution in [2.45, 2.75) is 70.6 Å². The number of aliphatic hydroxyl groups is 1. The average molecular weight is 255 g/mol. The van der Waals surface area contributed by atoms with E-state index in [1.54, 1.807) is 4.90 Å². The molecule has 0 bridgehead atoms. The molecule has 4 nitrogen and oxygen atoms in total. The highest BCUT2D eigenvalue weighted by atomic mass is 16.6. The number of carbonyl (C=O) groups excluding carboxylic acids is 1. The molecule has 0 aromatic carbocycles. The number of likely N-dealkylation sites (tertiary alicyclic amines) is 1. The Morgan fingerprint density at radius 1 is 1.33 bits per heavy atom. The molecule has 1 N–H and O–H groups in total. The Bertz CT molecular complexity index is 330. The van der Waals surface area contributed by atoms with Gasteiger partial charge in [0.2, 0.25) is 0 Å². The Balaban J connectivity index is 2.08. The predicted molar refractivity (Wildman–Crippen MR) is 69.3 cm³/mol. The van der Waals surface area contributed by atoms with Crippen molar-refractivity contribution < 1.29 is 14.6 Å². The molecule has 104 valence electrons. The van der Waals surface area contributed by atoms with Gasteiger partial charge in [-0.3, -0.25) is 0 Å². The highest BCUT2D eigenvalue weighted by molar-refractivity contribution is 5.69. The van der Waals surface area contributed by atoms with Crippen LogP contribution < -0.4 is 0 Å². The molecule has 0 radical (unpaired) electrons. The molecule has 0 aromatic rings. The van der Waals surface area contributed by atoms with Crippen LogP contribution in [0.5, 0.6) is 0 Å². The lowest BCUT2D eigenvalue weighted by Gasteiger charge is -2.41. The first-order chi connectivity index (χ1) is 8.21. The van der Waals surface area contributed by atoms with Crippen molar-refractivity contribution >= 4 is 6.09 Å². The normalized spacial score (nSPS) is 31.1. The molecule has 2 atom stereocenters. The van der Waals surface area contributed by atoms with Crippen molar-refractivity contribution in [1.29, 1.82) is 0 Å². The van der Waals surface area contributed by atoms with E-state index in [1.807, 2.05) is 20.8 Å². The Morgan fingerprint density at radius 2 is 1.94 bits per heavy atom. The number of amides is 1. The number of hydrogen-bond donors (Lipinski definition) is 1. The van der Waals surface area contributed by atoms with Crippen molar-refractivity contribution in [3.63, 3.8) is 0 Å². The summed E-state index contributed by atoms with van der Waals surface area (Å²) in [6, 6.07) is -0.0523. The summed E-state index contributed by atoms with van der Waals surface area (Å²) in [5.74, 6) is 0.483. The lowest BCUT2D eigenvalue weighted by atomic mass is 9.90. The fraction of sp³-hybridized carbons (Fsp3) is 0.929. The van der Waals surface area contributed by atoms with E-state index >= 15 is 0 Å². The number of piperidine rings is 1. The second kappa shape index (κ2) is 4.41. The lowest BCUT2D eigenvalue weighted by Crippen LogP contribution is -2.54. The molecule has 1 aliphatic heterocycles. The third-order valence-corrected chi connectivity index (χ3v) is 3.83. The summed E-state index contributed by atoms with van der Waals surface area (Å²) in [5, 5.41) is 10.3. The molecule has 1 heterocycles. The van der Waals surface area contributed by atoms with Gasteiger partial charge in [-0.05, 0) is 52.4 Å². The van der Waals surface area contributed by atoms with Crippen molar-refractivity contribution in [2.75, 3.05) is 6.54 Å². The standard InChI is InChI=1S/C14H25NO3/c1-10-5-6-11(14(17)7-8-14)15(9-10)12(16)18-13(2,3)4/h10-11,17H,5-9H2,1-4H3. The van der Waals surface area contributed by atoms with Gasteiger partial charge in [0, 0.05) is 6.54 Å². The number of carbonyl (C=O) groups is 1. The second-order valence-corrected chi connectivity index (χ2v) is 6.93. The SMILES string of the molecule is CC1CCC(C2(O)CC2)N(C(=O)OC(C)(C)C)C1. The summed E-state index contributed by atoms with van der Waals surface area (Å²) < 4.78 is 5.45. The summed E-state index contributed by atoms with van der Waals surface area (Å²) >= 11 is 0. The summed E-state index contributed by atoms with van der Waals surface area (Å²) in [7, 11) is 0.